The third-order valence-electron chi connectivity index (χ3n) is 3.06. The summed E-state index contributed by atoms with van der Waals surface area (Å²) in [4.78, 5) is 14.0. The smallest absolute Gasteiger partial charge is 0.225 e. The van der Waals surface area contributed by atoms with Gasteiger partial charge in [-0.3, -0.25) is 4.79 Å². The quantitative estimate of drug-likeness (QED) is 0.756. The van der Waals surface area contributed by atoms with Gasteiger partial charge in [0.2, 0.25) is 5.91 Å². The lowest BCUT2D eigenvalue weighted by Crippen LogP contribution is -2.25. The Morgan fingerprint density at radius 1 is 1.37 bits per heavy atom. The van der Waals surface area contributed by atoms with Gasteiger partial charge in [0.25, 0.3) is 0 Å². The number of rotatable bonds is 8. The molecule has 0 spiro atoms. The first kappa shape index (κ1) is 15.7. The molecule has 0 bridgehead atoms. The van der Waals surface area contributed by atoms with Crippen molar-refractivity contribution in [2.24, 2.45) is 5.73 Å². The lowest BCUT2D eigenvalue weighted by atomic mass is 10.2. The summed E-state index contributed by atoms with van der Waals surface area (Å²) < 4.78 is 0. The molecule has 0 aliphatic rings. The van der Waals surface area contributed by atoms with Crippen LogP contribution in [0.5, 0.6) is 0 Å². The van der Waals surface area contributed by atoms with E-state index in [1.165, 1.54) is 12.8 Å². The number of amides is 1. The van der Waals surface area contributed by atoms with Crippen LogP contribution in [0.4, 0.5) is 5.69 Å². The number of nitrogens with one attached hydrogen (secondary N) is 1. The Kier molecular flexibility index (Phi) is 7.15. The number of nitrogens with zero attached hydrogens (tertiary/aromatic N) is 1. The van der Waals surface area contributed by atoms with E-state index in [1.807, 2.05) is 24.3 Å². The highest BCUT2D eigenvalue weighted by Crippen LogP contribution is 2.10. The molecule has 0 unspecified atom stereocenters. The molecule has 0 heterocycles. The summed E-state index contributed by atoms with van der Waals surface area (Å²) in [6, 6.07) is 7.66. The van der Waals surface area contributed by atoms with Gasteiger partial charge in [-0.2, -0.15) is 0 Å². The normalized spacial score (nSPS) is 10.7. The Morgan fingerprint density at radius 2 is 2.16 bits per heavy atom. The summed E-state index contributed by atoms with van der Waals surface area (Å²) in [5, 5.41) is 2.91. The SMILES string of the molecule is CCCCN(C)CCC(=O)Nc1cccc(CN)c1. The van der Waals surface area contributed by atoms with Crippen molar-refractivity contribution >= 4 is 11.6 Å². The molecule has 0 atom stereocenters. The molecular formula is C15H25N3O. The largest absolute Gasteiger partial charge is 0.326 e. The monoisotopic (exact) mass is 263 g/mol. The maximum atomic E-state index is 11.8. The zero-order chi connectivity index (χ0) is 14.1. The van der Waals surface area contributed by atoms with Crippen molar-refractivity contribution in [2.45, 2.75) is 32.7 Å². The van der Waals surface area contributed by atoms with Crippen molar-refractivity contribution < 1.29 is 4.79 Å². The average Bonchev–Trinajstić information content (AvgIpc) is 2.43. The Balaban J connectivity index is 2.34. The topological polar surface area (TPSA) is 58.4 Å². The molecule has 0 radical (unpaired) electrons. The predicted molar refractivity (Wildman–Crippen MR) is 80.0 cm³/mol. The zero-order valence-corrected chi connectivity index (χ0v) is 12.0. The minimum absolute atomic E-state index is 0.0533. The standard InChI is InChI=1S/C15H25N3O/c1-3-4-9-18(2)10-8-15(19)17-14-7-5-6-13(11-14)12-16/h5-7,11H,3-4,8-10,12,16H2,1-2H3,(H,17,19). The number of benzene rings is 1. The van der Waals surface area contributed by atoms with Crippen LogP contribution in [0.15, 0.2) is 24.3 Å². The van der Waals surface area contributed by atoms with Crippen molar-refractivity contribution in [1.82, 2.24) is 4.90 Å². The molecule has 1 aromatic rings. The number of unbranched alkanes of at least 4 members (excludes halogenated alkanes) is 1. The van der Waals surface area contributed by atoms with Gasteiger partial charge in [-0.15, -0.1) is 0 Å². The molecule has 1 amide bonds. The molecule has 0 saturated heterocycles. The Labute approximate surface area is 116 Å². The Morgan fingerprint density at radius 3 is 2.84 bits per heavy atom. The number of hydrogen-bond acceptors (Lipinski definition) is 3. The molecule has 0 aliphatic heterocycles. The predicted octanol–water partition coefficient (Wildman–Crippen LogP) is 2.21. The van der Waals surface area contributed by atoms with E-state index in [0.29, 0.717) is 13.0 Å². The van der Waals surface area contributed by atoms with Crippen LogP contribution in [0, 0.1) is 0 Å². The molecular weight excluding hydrogens is 238 g/mol. The summed E-state index contributed by atoms with van der Waals surface area (Å²) in [6.45, 7) is 4.50. The van der Waals surface area contributed by atoms with E-state index in [4.69, 9.17) is 5.73 Å². The van der Waals surface area contributed by atoms with Crippen LogP contribution in [0.25, 0.3) is 0 Å². The molecule has 0 aliphatic carbocycles. The Bertz CT molecular complexity index is 393. The molecule has 0 saturated carbocycles. The second kappa shape index (κ2) is 8.67. The molecule has 19 heavy (non-hydrogen) atoms. The molecule has 4 heteroatoms. The van der Waals surface area contributed by atoms with Gasteiger partial charge in [0.1, 0.15) is 0 Å². The molecule has 4 nitrogen and oxygen atoms in total. The first-order valence-corrected chi connectivity index (χ1v) is 6.93. The van der Waals surface area contributed by atoms with E-state index in [0.717, 1.165) is 24.3 Å². The van der Waals surface area contributed by atoms with E-state index >= 15 is 0 Å². The molecule has 1 rings (SSSR count). The van der Waals surface area contributed by atoms with Gasteiger partial charge >= 0.3 is 0 Å². The van der Waals surface area contributed by atoms with E-state index in [1.54, 1.807) is 0 Å². The molecule has 0 aromatic heterocycles. The number of nitrogens with two attached hydrogens (primary N) is 1. The summed E-state index contributed by atoms with van der Waals surface area (Å²) in [5.41, 5.74) is 7.42. The second-order valence-electron chi connectivity index (χ2n) is 4.86. The van der Waals surface area contributed by atoms with Gasteiger partial charge in [-0.25, -0.2) is 0 Å². The minimum Gasteiger partial charge on any atom is -0.326 e. The highest BCUT2D eigenvalue weighted by molar-refractivity contribution is 5.90. The van der Waals surface area contributed by atoms with Crippen molar-refractivity contribution in [3.63, 3.8) is 0 Å². The van der Waals surface area contributed by atoms with E-state index < -0.39 is 0 Å². The van der Waals surface area contributed by atoms with Gasteiger partial charge in [0.05, 0.1) is 0 Å². The molecule has 0 fully saturated rings. The maximum Gasteiger partial charge on any atom is 0.225 e. The van der Waals surface area contributed by atoms with Gasteiger partial charge < -0.3 is 16.0 Å². The number of hydrogen-bond donors (Lipinski definition) is 2. The van der Waals surface area contributed by atoms with Gasteiger partial charge in [-0.05, 0) is 37.7 Å². The third kappa shape index (κ3) is 6.36. The number of anilines is 1. The summed E-state index contributed by atoms with van der Waals surface area (Å²) >= 11 is 0. The summed E-state index contributed by atoms with van der Waals surface area (Å²) in [5.74, 6) is 0.0533. The number of carbonyl (C=O) groups excluding carboxylic acids is 1. The van der Waals surface area contributed by atoms with Crippen LogP contribution in [0.1, 0.15) is 31.7 Å². The average molecular weight is 263 g/mol. The van der Waals surface area contributed by atoms with E-state index in [-0.39, 0.29) is 5.91 Å². The van der Waals surface area contributed by atoms with Crippen molar-refractivity contribution in [1.29, 1.82) is 0 Å². The molecule has 1 aromatic carbocycles. The van der Waals surface area contributed by atoms with Gasteiger partial charge in [-0.1, -0.05) is 25.5 Å². The highest BCUT2D eigenvalue weighted by atomic mass is 16.1. The van der Waals surface area contributed by atoms with Crippen LogP contribution >= 0.6 is 0 Å². The van der Waals surface area contributed by atoms with Crippen LogP contribution in [0.3, 0.4) is 0 Å². The third-order valence-corrected chi connectivity index (χ3v) is 3.06. The summed E-state index contributed by atoms with van der Waals surface area (Å²) in [7, 11) is 2.05. The van der Waals surface area contributed by atoms with E-state index in [2.05, 4.69) is 24.2 Å². The van der Waals surface area contributed by atoms with Gasteiger partial charge in [0, 0.05) is 25.2 Å². The fourth-order valence-electron chi connectivity index (χ4n) is 1.83. The maximum absolute atomic E-state index is 11.8. The fraction of sp³-hybridized carbons (Fsp3) is 0.533. The van der Waals surface area contributed by atoms with E-state index in [9.17, 15) is 4.79 Å². The zero-order valence-electron chi connectivity index (χ0n) is 12.0. The van der Waals surface area contributed by atoms with Crippen LogP contribution in [-0.4, -0.2) is 30.9 Å². The second-order valence-corrected chi connectivity index (χ2v) is 4.86. The highest BCUT2D eigenvalue weighted by Gasteiger charge is 2.05. The fourth-order valence-corrected chi connectivity index (χ4v) is 1.83. The Hall–Kier alpha value is -1.39. The first-order chi connectivity index (χ1) is 9.15. The van der Waals surface area contributed by atoms with Crippen LogP contribution in [0.2, 0.25) is 0 Å². The molecule has 106 valence electrons. The molecule has 3 N–H and O–H groups in total. The minimum atomic E-state index is 0.0533. The van der Waals surface area contributed by atoms with Gasteiger partial charge in [0.15, 0.2) is 0 Å². The van der Waals surface area contributed by atoms with Crippen molar-refractivity contribution in [3.05, 3.63) is 29.8 Å². The summed E-state index contributed by atoms with van der Waals surface area (Å²) in [6.07, 6.45) is 2.88. The van der Waals surface area contributed by atoms with Crippen LogP contribution in [-0.2, 0) is 11.3 Å². The van der Waals surface area contributed by atoms with Crippen molar-refractivity contribution in [3.8, 4) is 0 Å². The number of carbonyl (C=O) groups is 1. The lowest BCUT2D eigenvalue weighted by Gasteiger charge is -2.15. The lowest BCUT2D eigenvalue weighted by molar-refractivity contribution is -0.116. The van der Waals surface area contributed by atoms with Crippen LogP contribution < -0.4 is 11.1 Å². The first-order valence-electron chi connectivity index (χ1n) is 6.93. The van der Waals surface area contributed by atoms with Crippen molar-refractivity contribution in [2.75, 3.05) is 25.5 Å².